The summed E-state index contributed by atoms with van der Waals surface area (Å²) in [6, 6.07) is 0. The zero-order chi connectivity index (χ0) is 8.41. The molecule has 2 nitrogen and oxygen atoms in total. The molecule has 0 aromatic heterocycles. The van der Waals surface area contributed by atoms with Crippen molar-refractivity contribution >= 4 is 16.9 Å². The quantitative estimate of drug-likeness (QED) is 0.580. The Bertz CT molecular complexity index is 133. The summed E-state index contributed by atoms with van der Waals surface area (Å²) in [6.07, 6.45) is 0. The summed E-state index contributed by atoms with van der Waals surface area (Å²) in [6.45, 7) is 10.9. The second-order valence-electron chi connectivity index (χ2n) is 3.31. The molecule has 0 unspecified atom stereocenters. The van der Waals surface area contributed by atoms with Crippen LogP contribution in [0.1, 0.15) is 14.9 Å². The van der Waals surface area contributed by atoms with Crippen molar-refractivity contribution in [3.63, 3.8) is 0 Å². The van der Waals surface area contributed by atoms with E-state index in [1.54, 1.807) is 18.8 Å². The third-order valence-corrected chi connectivity index (χ3v) is 6.05. The van der Waals surface area contributed by atoms with E-state index in [-0.39, 0.29) is 33.7 Å². The standard InChI is InChI=1S/C6H15O2Si2.2CH4.Li/c1-6-9(2,3)8-10(4,5)7;;;/h6H,1H2,2-5H3;2*1H4;/q-1;;;+1. The second-order valence-corrected chi connectivity index (χ2v) is 10.5. The molecular weight excluding hydrogens is 191 g/mol. The van der Waals surface area contributed by atoms with Gasteiger partial charge < -0.3 is 8.91 Å². The van der Waals surface area contributed by atoms with Gasteiger partial charge in [0, 0.05) is 0 Å². The predicted octanol–water partition coefficient (Wildman–Crippen LogP) is -0.728. The Morgan fingerprint density at radius 2 is 1.46 bits per heavy atom. The molecule has 13 heavy (non-hydrogen) atoms. The van der Waals surface area contributed by atoms with Gasteiger partial charge in [-0.05, 0) is 13.1 Å². The van der Waals surface area contributed by atoms with Gasteiger partial charge in [0.1, 0.15) is 0 Å². The molecule has 0 saturated carbocycles. The average molecular weight is 214 g/mol. The maximum Gasteiger partial charge on any atom is 1.00 e. The van der Waals surface area contributed by atoms with Gasteiger partial charge in [-0.3, -0.25) is 0 Å². The second kappa shape index (κ2) is 8.04. The van der Waals surface area contributed by atoms with Crippen LogP contribution in [0.15, 0.2) is 12.3 Å². The molecule has 0 aliphatic heterocycles. The third-order valence-electron chi connectivity index (χ3n) is 1.00. The van der Waals surface area contributed by atoms with Crippen molar-refractivity contribution in [1.29, 1.82) is 0 Å². The van der Waals surface area contributed by atoms with E-state index in [4.69, 9.17) is 4.12 Å². The van der Waals surface area contributed by atoms with Crippen LogP contribution in [0.3, 0.4) is 0 Å². The van der Waals surface area contributed by atoms with E-state index >= 15 is 0 Å². The van der Waals surface area contributed by atoms with Crippen molar-refractivity contribution in [2.24, 2.45) is 0 Å². The summed E-state index contributed by atoms with van der Waals surface area (Å²) in [7, 11) is -4.37. The number of hydrogen-bond donors (Lipinski definition) is 0. The molecular formula is C8H23LiO2Si2. The first-order chi connectivity index (χ1) is 4.27. The average Bonchev–Trinajstić information content (AvgIpc) is 1.60. The van der Waals surface area contributed by atoms with Crippen LogP contribution in [-0.2, 0) is 4.12 Å². The van der Waals surface area contributed by atoms with Crippen molar-refractivity contribution in [3.05, 3.63) is 12.3 Å². The molecule has 0 rings (SSSR count). The molecule has 0 aromatic rings. The molecule has 0 heterocycles. The Morgan fingerprint density at radius 3 is 1.54 bits per heavy atom. The van der Waals surface area contributed by atoms with Crippen LogP contribution < -0.4 is 23.7 Å². The van der Waals surface area contributed by atoms with Gasteiger partial charge in [-0.2, -0.15) is 0 Å². The minimum Gasteiger partial charge on any atom is -0.839 e. The Labute approximate surface area is 98.0 Å². The first-order valence-electron chi connectivity index (χ1n) is 3.31. The molecule has 0 aliphatic carbocycles. The molecule has 0 atom stereocenters. The van der Waals surface area contributed by atoms with Crippen LogP contribution in [0.25, 0.3) is 0 Å². The van der Waals surface area contributed by atoms with Crippen LogP contribution >= 0.6 is 0 Å². The Kier molecular flexibility index (Phi) is 14.5. The summed E-state index contributed by atoms with van der Waals surface area (Å²) < 4.78 is 5.38. The van der Waals surface area contributed by atoms with Gasteiger partial charge in [-0.1, -0.05) is 33.6 Å². The molecule has 0 aliphatic rings. The summed E-state index contributed by atoms with van der Waals surface area (Å²) in [5.74, 6) is 0. The van der Waals surface area contributed by atoms with Crippen molar-refractivity contribution in [3.8, 4) is 0 Å². The van der Waals surface area contributed by atoms with E-state index in [1.807, 2.05) is 13.1 Å². The molecule has 0 N–H and O–H groups in total. The molecule has 0 bridgehead atoms. The third kappa shape index (κ3) is 15.4. The van der Waals surface area contributed by atoms with E-state index in [0.29, 0.717) is 0 Å². The maximum atomic E-state index is 11.2. The van der Waals surface area contributed by atoms with Gasteiger partial charge in [0.05, 0.1) is 8.56 Å². The number of hydrogen-bond acceptors (Lipinski definition) is 2. The van der Waals surface area contributed by atoms with Crippen LogP contribution in [0.5, 0.6) is 0 Å². The summed E-state index contributed by atoms with van der Waals surface area (Å²) in [5, 5.41) is 0. The minimum atomic E-state index is -2.57. The van der Waals surface area contributed by atoms with Crippen LogP contribution in [0.4, 0.5) is 0 Å². The fraction of sp³-hybridized carbons (Fsp3) is 0.750. The minimum absolute atomic E-state index is 0. The van der Waals surface area contributed by atoms with Gasteiger partial charge in [-0.25, -0.2) is 0 Å². The molecule has 0 fully saturated rings. The Hall–Kier alpha value is 0.691. The van der Waals surface area contributed by atoms with Crippen molar-refractivity contribution in [2.45, 2.75) is 41.0 Å². The maximum absolute atomic E-state index is 11.2. The summed E-state index contributed by atoms with van der Waals surface area (Å²) >= 11 is 0. The van der Waals surface area contributed by atoms with Gasteiger partial charge >= 0.3 is 18.9 Å². The van der Waals surface area contributed by atoms with Crippen LogP contribution in [0.2, 0.25) is 26.2 Å². The largest absolute Gasteiger partial charge is 1.00 e. The Balaban J connectivity index is -0.000000135. The first-order valence-corrected chi connectivity index (χ1v) is 9.11. The van der Waals surface area contributed by atoms with Crippen LogP contribution in [-0.4, -0.2) is 16.9 Å². The van der Waals surface area contributed by atoms with Crippen molar-refractivity contribution in [1.82, 2.24) is 0 Å². The topological polar surface area (TPSA) is 32.3 Å². The molecule has 0 amide bonds. The molecule has 0 saturated heterocycles. The molecule has 0 aromatic carbocycles. The van der Waals surface area contributed by atoms with Gasteiger partial charge in [0.15, 0.2) is 8.32 Å². The SMILES string of the molecule is C.C.C=C[Si](C)(C)O[Si](C)(C)[O-].[Li+]. The van der Waals surface area contributed by atoms with Gasteiger partial charge in [0.2, 0.25) is 0 Å². The van der Waals surface area contributed by atoms with E-state index in [1.165, 1.54) is 0 Å². The molecule has 0 radical (unpaired) electrons. The summed E-state index contributed by atoms with van der Waals surface area (Å²) in [4.78, 5) is 11.2. The van der Waals surface area contributed by atoms with E-state index in [9.17, 15) is 4.80 Å². The zero-order valence-corrected chi connectivity index (χ0v) is 10.1. The van der Waals surface area contributed by atoms with Gasteiger partial charge in [-0.15, -0.1) is 6.58 Å². The molecule has 76 valence electrons. The van der Waals surface area contributed by atoms with Crippen molar-refractivity contribution < 1.29 is 27.8 Å². The Morgan fingerprint density at radius 1 is 1.15 bits per heavy atom. The first kappa shape index (κ1) is 23.5. The smallest absolute Gasteiger partial charge is 0.839 e. The normalized spacial score (nSPS) is 10.2. The number of rotatable bonds is 3. The molecule has 0 spiro atoms. The van der Waals surface area contributed by atoms with Crippen molar-refractivity contribution in [2.75, 3.05) is 0 Å². The fourth-order valence-corrected chi connectivity index (χ4v) is 6.08. The molecule has 5 heteroatoms. The van der Waals surface area contributed by atoms with E-state index in [2.05, 4.69) is 6.58 Å². The van der Waals surface area contributed by atoms with E-state index < -0.39 is 16.9 Å². The van der Waals surface area contributed by atoms with Crippen LogP contribution in [0, 0.1) is 0 Å². The monoisotopic (exact) mass is 214 g/mol. The fourth-order valence-electron chi connectivity index (χ4n) is 0.675. The zero-order valence-electron chi connectivity index (χ0n) is 8.10. The van der Waals surface area contributed by atoms with Gasteiger partial charge in [0.25, 0.3) is 0 Å². The van der Waals surface area contributed by atoms with E-state index in [0.717, 1.165) is 0 Å². The summed E-state index contributed by atoms with van der Waals surface area (Å²) in [5.41, 5.74) is 1.79. The predicted molar refractivity (Wildman–Crippen MR) is 59.7 cm³/mol.